The van der Waals surface area contributed by atoms with Crippen molar-refractivity contribution in [2.24, 2.45) is 5.73 Å². The zero-order valence-electron chi connectivity index (χ0n) is 17.9. The third kappa shape index (κ3) is 3.75. The summed E-state index contributed by atoms with van der Waals surface area (Å²) in [7, 11) is 1.51. The van der Waals surface area contributed by atoms with Gasteiger partial charge in [-0.15, -0.1) is 0 Å². The van der Waals surface area contributed by atoms with Crippen molar-refractivity contribution in [3.8, 4) is 0 Å². The Morgan fingerprint density at radius 2 is 1.84 bits per heavy atom. The van der Waals surface area contributed by atoms with Crippen LogP contribution in [0.15, 0.2) is 54.3 Å². The molecule has 4 rings (SSSR count). The van der Waals surface area contributed by atoms with Crippen LogP contribution in [0, 0.1) is 5.82 Å². The molecule has 0 saturated carbocycles. The van der Waals surface area contributed by atoms with Crippen LogP contribution in [0.5, 0.6) is 0 Å². The molecular formula is C24H22FN3O4. The topological polar surface area (TPSA) is 102 Å². The Kier molecular flexibility index (Phi) is 5.08. The number of halogens is 1. The molecule has 164 valence electrons. The van der Waals surface area contributed by atoms with Gasteiger partial charge in [0.05, 0.1) is 17.8 Å². The summed E-state index contributed by atoms with van der Waals surface area (Å²) in [6, 6.07) is 11.0. The predicted octanol–water partition coefficient (Wildman–Crippen LogP) is 2.94. The van der Waals surface area contributed by atoms with Crippen LogP contribution in [0.2, 0.25) is 0 Å². The maximum absolute atomic E-state index is 13.5. The Bertz CT molecular complexity index is 1210. The number of benzene rings is 2. The van der Waals surface area contributed by atoms with Gasteiger partial charge < -0.3 is 20.7 Å². The first-order chi connectivity index (χ1) is 15.1. The van der Waals surface area contributed by atoms with Crippen LogP contribution in [0.3, 0.4) is 0 Å². The minimum absolute atomic E-state index is 0.170. The van der Waals surface area contributed by atoms with Crippen LogP contribution < -0.4 is 11.1 Å². The highest BCUT2D eigenvalue weighted by Crippen LogP contribution is 2.44. The van der Waals surface area contributed by atoms with E-state index in [0.717, 1.165) is 11.1 Å². The Morgan fingerprint density at radius 3 is 2.50 bits per heavy atom. The van der Waals surface area contributed by atoms with Crippen molar-refractivity contribution in [1.29, 1.82) is 0 Å². The molecule has 0 aromatic heterocycles. The van der Waals surface area contributed by atoms with Crippen LogP contribution in [-0.4, -0.2) is 41.8 Å². The number of fused-ring (bicyclic) bond motifs is 1. The molecule has 2 aliphatic rings. The number of hydrogen-bond donors (Lipinski definition) is 2. The second-order valence-corrected chi connectivity index (χ2v) is 8.26. The zero-order chi connectivity index (χ0) is 23.2. The molecule has 0 unspecified atom stereocenters. The van der Waals surface area contributed by atoms with Crippen molar-refractivity contribution in [2.45, 2.75) is 19.4 Å². The molecule has 0 fully saturated rings. The van der Waals surface area contributed by atoms with E-state index < -0.39 is 17.3 Å². The highest BCUT2D eigenvalue weighted by molar-refractivity contribution is 6.32. The quantitative estimate of drug-likeness (QED) is 0.721. The second-order valence-electron chi connectivity index (χ2n) is 8.26. The first kappa shape index (κ1) is 21.3. The molecule has 8 heteroatoms. The summed E-state index contributed by atoms with van der Waals surface area (Å²) >= 11 is 0. The lowest BCUT2D eigenvalue weighted by Gasteiger charge is -2.23. The Balaban J connectivity index is 1.68. The lowest BCUT2D eigenvalue weighted by Crippen LogP contribution is -2.35. The maximum atomic E-state index is 13.5. The van der Waals surface area contributed by atoms with E-state index in [0.29, 0.717) is 28.1 Å². The highest BCUT2D eigenvalue weighted by Gasteiger charge is 2.38. The third-order valence-corrected chi connectivity index (χ3v) is 5.44. The SMILES string of the molecule is CN(CC(N)=O)C(=O)c1ccc(C2=CC(=C3C(=O)Nc4cc(F)ccc43)OC2(C)C)cc1. The fourth-order valence-corrected chi connectivity index (χ4v) is 3.93. The van der Waals surface area contributed by atoms with E-state index in [1.807, 2.05) is 13.8 Å². The average Bonchev–Trinajstić information content (AvgIpc) is 3.21. The van der Waals surface area contributed by atoms with Gasteiger partial charge >= 0.3 is 0 Å². The summed E-state index contributed by atoms with van der Waals surface area (Å²) in [5.74, 6) is -1.30. The summed E-state index contributed by atoms with van der Waals surface area (Å²) in [6.07, 6.45) is 1.80. The minimum atomic E-state index is -0.736. The number of amides is 3. The van der Waals surface area contributed by atoms with Gasteiger partial charge in [0.2, 0.25) is 5.91 Å². The number of allylic oxidation sites excluding steroid dienone is 1. The molecule has 0 spiro atoms. The van der Waals surface area contributed by atoms with Crippen LogP contribution >= 0.6 is 0 Å². The van der Waals surface area contributed by atoms with Gasteiger partial charge in [-0.1, -0.05) is 12.1 Å². The smallest absolute Gasteiger partial charge is 0.260 e. The van der Waals surface area contributed by atoms with E-state index in [1.165, 1.54) is 24.1 Å². The van der Waals surface area contributed by atoms with Gasteiger partial charge in [-0.25, -0.2) is 4.39 Å². The molecular weight excluding hydrogens is 413 g/mol. The number of carbonyl (C=O) groups excluding carboxylic acids is 3. The van der Waals surface area contributed by atoms with E-state index in [1.54, 1.807) is 36.4 Å². The standard InChI is InChI=1S/C24H22FN3O4/c1-24(2)17(13-4-6-14(7-5-13)23(31)28(3)12-20(26)29)11-19(32-24)21-16-9-8-15(25)10-18(16)27-22(21)30/h4-11H,12H2,1-3H3,(H2,26,29)(H,27,30). The molecule has 7 nitrogen and oxygen atoms in total. The summed E-state index contributed by atoms with van der Waals surface area (Å²) in [5.41, 5.74) is 7.81. The van der Waals surface area contributed by atoms with Gasteiger partial charge in [-0.05, 0) is 55.8 Å². The molecule has 0 saturated heterocycles. The molecule has 0 atom stereocenters. The Morgan fingerprint density at radius 1 is 1.16 bits per heavy atom. The van der Waals surface area contributed by atoms with Crippen LogP contribution in [0.4, 0.5) is 10.1 Å². The molecule has 3 N–H and O–H groups in total. The van der Waals surface area contributed by atoms with Crippen molar-refractivity contribution < 1.29 is 23.5 Å². The molecule has 3 amide bonds. The van der Waals surface area contributed by atoms with Gasteiger partial charge in [0.15, 0.2) is 0 Å². The molecule has 0 aliphatic carbocycles. The Hall–Kier alpha value is -3.94. The van der Waals surface area contributed by atoms with Crippen LogP contribution in [0.25, 0.3) is 11.1 Å². The third-order valence-electron chi connectivity index (χ3n) is 5.44. The summed E-state index contributed by atoms with van der Waals surface area (Å²) in [6.45, 7) is 3.59. The lowest BCUT2D eigenvalue weighted by molar-refractivity contribution is -0.118. The number of primary amides is 1. The monoisotopic (exact) mass is 435 g/mol. The molecule has 2 heterocycles. The van der Waals surface area contributed by atoms with Crippen molar-refractivity contribution in [3.63, 3.8) is 0 Å². The van der Waals surface area contributed by atoms with E-state index in [4.69, 9.17) is 10.5 Å². The van der Waals surface area contributed by atoms with Crippen molar-refractivity contribution in [2.75, 3.05) is 18.9 Å². The van der Waals surface area contributed by atoms with Gasteiger partial charge in [0.25, 0.3) is 11.8 Å². The van der Waals surface area contributed by atoms with Crippen molar-refractivity contribution in [1.82, 2.24) is 4.90 Å². The second kappa shape index (κ2) is 7.64. The average molecular weight is 435 g/mol. The molecule has 32 heavy (non-hydrogen) atoms. The van der Waals surface area contributed by atoms with E-state index in [-0.39, 0.29) is 18.4 Å². The predicted molar refractivity (Wildman–Crippen MR) is 118 cm³/mol. The summed E-state index contributed by atoms with van der Waals surface area (Å²) < 4.78 is 19.7. The van der Waals surface area contributed by atoms with Gasteiger partial charge in [0, 0.05) is 23.7 Å². The van der Waals surface area contributed by atoms with Gasteiger partial charge in [-0.2, -0.15) is 0 Å². The van der Waals surface area contributed by atoms with Gasteiger partial charge in [0.1, 0.15) is 17.2 Å². The van der Waals surface area contributed by atoms with E-state index in [2.05, 4.69) is 5.32 Å². The molecule has 2 aromatic rings. The first-order valence-corrected chi connectivity index (χ1v) is 9.98. The molecule has 2 aromatic carbocycles. The van der Waals surface area contributed by atoms with E-state index >= 15 is 0 Å². The normalized spacial score (nSPS) is 18.5. The number of nitrogens with zero attached hydrogens (tertiary/aromatic N) is 1. The number of nitrogens with two attached hydrogens (primary N) is 1. The number of carbonyl (C=O) groups is 3. The summed E-state index contributed by atoms with van der Waals surface area (Å²) in [4.78, 5) is 37.3. The van der Waals surface area contributed by atoms with Crippen LogP contribution in [-0.2, 0) is 14.3 Å². The highest BCUT2D eigenvalue weighted by atomic mass is 19.1. The first-order valence-electron chi connectivity index (χ1n) is 9.98. The van der Waals surface area contributed by atoms with Crippen molar-refractivity contribution >= 4 is 34.6 Å². The van der Waals surface area contributed by atoms with E-state index in [9.17, 15) is 18.8 Å². The number of hydrogen-bond acceptors (Lipinski definition) is 4. The van der Waals surface area contributed by atoms with Crippen molar-refractivity contribution in [3.05, 3.63) is 76.8 Å². The number of rotatable bonds is 4. The lowest BCUT2D eigenvalue weighted by atomic mass is 9.91. The number of nitrogens with one attached hydrogen (secondary N) is 1. The molecule has 0 radical (unpaired) electrons. The Labute approximate surface area is 184 Å². The minimum Gasteiger partial charge on any atom is -0.482 e. The molecule has 2 aliphatic heterocycles. The largest absolute Gasteiger partial charge is 0.482 e. The summed E-state index contributed by atoms with van der Waals surface area (Å²) in [5, 5.41) is 2.67. The number of ether oxygens (including phenoxy) is 1. The number of likely N-dealkylation sites (N-methyl/N-ethyl adjacent to an activating group) is 1. The fraction of sp³-hybridized carbons (Fsp3) is 0.208. The fourth-order valence-electron chi connectivity index (χ4n) is 3.93. The zero-order valence-corrected chi connectivity index (χ0v) is 17.9. The van der Waals surface area contributed by atoms with Crippen LogP contribution in [0.1, 0.15) is 35.3 Å². The maximum Gasteiger partial charge on any atom is 0.260 e. The van der Waals surface area contributed by atoms with Gasteiger partial charge in [-0.3, -0.25) is 14.4 Å². The molecule has 0 bridgehead atoms. The number of anilines is 1.